The van der Waals surface area contributed by atoms with Crippen LogP contribution in [0.15, 0.2) is 10.9 Å². The molecule has 0 unspecified atom stereocenters. The second kappa shape index (κ2) is 4.89. The second-order valence-electron chi connectivity index (χ2n) is 1.18. The van der Waals surface area contributed by atoms with Gasteiger partial charge in [0.2, 0.25) is 5.05 Å². The summed E-state index contributed by atoms with van der Waals surface area (Å²) >= 11 is 5.82. The van der Waals surface area contributed by atoms with Crippen molar-refractivity contribution in [2.24, 2.45) is 0 Å². The maximum absolute atomic E-state index is 8.59. The van der Waals surface area contributed by atoms with Crippen LogP contribution in [-0.4, -0.2) is 66.5 Å². The first-order valence-electron chi connectivity index (χ1n) is 1.92. The minimum atomic E-state index is -0.133. The maximum Gasteiger partial charge on any atom is 0.208 e. The summed E-state index contributed by atoms with van der Waals surface area (Å²) in [5.41, 5.74) is 2.11. The second-order valence-corrected chi connectivity index (χ2v) is 2.28. The Hall–Kier alpha value is 1.16. The molecule has 0 aliphatic carbocycles. The summed E-state index contributed by atoms with van der Waals surface area (Å²) < 4.78 is 0. The fraction of sp³-hybridized carbons (Fsp3) is 0. The summed E-state index contributed by atoms with van der Waals surface area (Å²) in [7, 11) is 0. The summed E-state index contributed by atoms with van der Waals surface area (Å²) in [6, 6.07) is 0. The van der Waals surface area contributed by atoms with Gasteiger partial charge in [0.15, 0.2) is 0 Å². The molecule has 43 valence electrons. The van der Waals surface area contributed by atoms with Crippen LogP contribution in [0.1, 0.15) is 5.69 Å². The van der Waals surface area contributed by atoms with Gasteiger partial charge in [0.1, 0.15) is 5.69 Å². The van der Waals surface area contributed by atoms with Crippen LogP contribution in [0, 0.1) is 0 Å². The molecule has 0 saturated carbocycles. The van der Waals surface area contributed by atoms with Gasteiger partial charge >= 0.3 is 0 Å². The Morgan fingerprint density at radius 1 is 1.78 bits per heavy atom. The predicted octanol–water partition coefficient (Wildman–Crippen LogP) is 0.996. The van der Waals surface area contributed by atoms with Crippen LogP contribution in [0.25, 0.3) is 0 Å². The third-order valence-corrected chi connectivity index (χ3v) is 1.45. The number of hydrogen-bond acceptors (Lipinski definition) is 3. The molecule has 0 fully saturated rings. The molecular weight excluding hydrogens is 181 g/mol. The molecule has 0 aliphatic rings. The van der Waals surface area contributed by atoms with Crippen LogP contribution in [0.5, 0.6) is 0 Å². The normalized spacial score (nSPS) is 8.00. The van der Waals surface area contributed by atoms with E-state index in [0.29, 0.717) is 5.69 Å². The van der Waals surface area contributed by atoms with E-state index >= 15 is 0 Å². The van der Waals surface area contributed by atoms with Crippen LogP contribution in [0.4, 0.5) is 0 Å². The van der Waals surface area contributed by atoms with Crippen molar-refractivity contribution in [1.29, 1.82) is 0 Å². The van der Waals surface area contributed by atoms with Gasteiger partial charge in [0.05, 0.1) is 5.51 Å². The molecule has 1 aromatic rings. The smallest absolute Gasteiger partial charge is 0.208 e. The number of rotatable bonds is 1. The molecule has 1 radical (unpaired) electrons. The Bertz CT molecular complexity index is 186. The molecule has 0 spiro atoms. The number of nitrogens with zero attached hydrogens (tertiary/aromatic N) is 1. The van der Waals surface area contributed by atoms with Crippen molar-refractivity contribution in [3.8, 4) is 0 Å². The van der Waals surface area contributed by atoms with Crippen molar-refractivity contribution in [3.63, 3.8) is 0 Å². The Labute approximate surface area is 105 Å². The first kappa shape index (κ1) is 10.2. The Morgan fingerprint density at radius 3 is 2.67 bits per heavy atom. The molecule has 1 aromatic heterocycles. The largest absolute Gasteiger partial charge is 0.497 e. The van der Waals surface area contributed by atoms with Crippen molar-refractivity contribution < 1.29 is 5.11 Å². The van der Waals surface area contributed by atoms with E-state index in [1.165, 1.54) is 11.3 Å². The molecule has 0 saturated heterocycles. The van der Waals surface area contributed by atoms with Crippen molar-refractivity contribution >= 4 is 80.0 Å². The zero-order chi connectivity index (χ0) is 5.98. The Morgan fingerprint density at radius 2 is 2.44 bits per heavy atom. The average Bonchev–Trinajstić information content (AvgIpc) is 2.12. The molecule has 1 heterocycles. The fourth-order valence-corrected chi connectivity index (χ4v) is 1.04. The molecule has 0 aliphatic heterocycles. The maximum atomic E-state index is 8.59. The molecule has 0 amide bonds. The minimum absolute atomic E-state index is 0. The molecule has 5 heteroatoms. The van der Waals surface area contributed by atoms with Crippen molar-refractivity contribution in [2.45, 2.75) is 0 Å². The Kier molecular flexibility index (Phi) is 5.52. The number of aliphatic hydroxyl groups excluding tert-OH is 1. The average molecular weight is 184 g/mol. The van der Waals surface area contributed by atoms with E-state index in [2.05, 4.69) is 17.2 Å². The number of aliphatic hydroxyl groups is 1. The van der Waals surface area contributed by atoms with Gasteiger partial charge in [-0.2, -0.15) is 0 Å². The monoisotopic (exact) mass is 184 g/mol. The van der Waals surface area contributed by atoms with Gasteiger partial charge in [0, 0.05) is 56.8 Å². The predicted molar refractivity (Wildman–Crippen MR) is 42.2 cm³/mol. The van der Waals surface area contributed by atoms with Gasteiger partial charge in [-0.25, -0.2) is 4.98 Å². The third-order valence-electron chi connectivity index (χ3n) is 0.651. The summed E-state index contributed by atoms with van der Waals surface area (Å²) in [6.45, 7) is 0. The molecule has 0 aromatic carbocycles. The van der Waals surface area contributed by atoms with Gasteiger partial charge in [-0.1, -0.05) is 0 Å². The summed E-state index contributed by atoms with van der Waals surface area (Å²) in [4.78, 5) is 3.74. The SMILES string of the molecule is OC(=S)c1cscn1.[K]. The molecule has 1 rings (SSSR count). The molecule has 2 nitrogen and oxygen atoms in total. The van der Waals surface area contributed by atoms with E-state index < -0.39 is 0 Å². The third kappa shape index (κ3) is 3.17. The van der Waals surface area contributed by atoms with Crippen molar-refractivity contribution in [3.05, 3.63) is 16.6 Å². The van der Waals surface area contributed by atoms with Crippen LogP contribution in [-0.2, 0) is 0 Å². The topological polar surface area (TPSA) is 33.1 Å². The van der Waals surface area contributed by atoms with E-state index in [1.807, 2.05) is 0 Å². The molecule has 9 heavy (non-hydrogen) atoms. The quantitative estimate of drug-likeness (QED) is 0.522. The van der Waals surface area contributed by atoms with E-state index in [0.717, 1.165) is 0 Å². The van der Waals surface area contributed by atoms with E-state index in [4.69, 9.17) is 5.11 Å². The number of aromatic nitrogens is 1. The zero-order valence-electron chi connectivity index (χ0n) is 4.87. The van der Waals surface area contributed by atoms with E-state index in [9.17, 15) is 0 Å². The first-order valence-corrected chi connectivity index (χ1v) is 3.27. The molecule has 0 bridgehead atoms. The molecule has 1 N–H and O–H groups in total. The first-order chi connectivity index (χ1) is 3.80. The summed E-state index contributed by atoms with van der Waals surface area (Å²) in [5.74, 6) is 0. The number of thiazole rings is 1. The minimum Gasteiger partial charge on any atom is -0.497 e. The summed E-state index contributed by atoms with van der Waals surface area (Å²) in [5, 5.41) is 10.2. The molecular formula is C4H3KNOS2. The number of thiocarbonyl (C=S) groups is 1. The standard InChI is InChI=1S/C4H3NOS2.K/c6-4(7)3-1-8-2-5-3;/h1-2H,(H,6,7);. The number of hydrogen-bond donors (Lipinski definition) is 1. The van der Waals surface area contributed by atoms with Crippen LogP contribution >= 0.6 is 23.6 Å². The van der Waals surface area contributed by atoms with E-state index in [-0.39, 0.29) is 56.4 Å². The molecule has 0 atom stereocenters. The van der Waals surface area contributed by atoms with Gasteiger partial charge < -0.3 is 5.11 Å². The van der Waals surface area contributed by atoms with Gasteiger partial charge in [-0.15, -0.1) is 11.3 Å². The van der Waals surface area contributed by atoms with Crippen molar-refractivity contribution in [2.75, 3.05) is 0 Å². The zero-order valence-corrected chi connectivity index (χ0v) is 9.62. The van der Waals surface area contributed by atoms with Gasteiger partial charge in [-0.3, -0.25) is 0 Å². The van der Waals surface area contributed by atoms with Crippen LogP contribution in [0.3, 0.4) is 0 Å². The van der Waals surface area contributed by atoms with Crippen LogP contribution < -0.4 is 0 Å². The van der Waals surface area contributed by atoms with Gasteiger partial charge in [0.25, 0.3) is 0 Å². The van der Waals surface area contributed by atoms with Crippen LogP contribution in [0.2, 0.25) is 0 Å². The summed E-state index contributed by atoms with van der Waals surface area (Å²) in [6.07, 6.45) is 0. The Balaban J connectivity index is 0.000000640. The fourth-order valence-electron chi connectivity index (χ4n) is 0.318. The van der Waals surface area contributed by atoms with Gasteiger partial charge in [-0.05, 0) is 12.2 Å². The van der Waals surface area contributed by atoms with E-state index in [1.54, 1.807) is 10.9 Å². The van der Waals surface area contributed by atoms with Crippen molar-refractivity contribution in [1.82, 2.24) is 4.98 Å².